The molecule has 1 aromatic carbocycles. The molecule has 2 aromatic rings. The van der Waals surface area contributed by atoms with Gasteiger partial charge in [0.1, 0.15) is 5.69 Å². The molecule has 0 atom stereocenters. The van der Waals surface area contributed by atoms with Crippen LogP contribution in [-0.4, -0.2) is 28.5 Å². The summed E-state index contributed by atoms with van der Waals surface area (Å²) in [6, 6.07) is 12.2. The number of nitrogens with zero attached hydrogens (tertiary/aromatic N) is 2. The molecular formula is C17H17BrN2O. The van der Waals surface area contributed by atoms with Gasteiger partial charge < -0.3 is 9.47 Å². The van der Waals surface area contributed by atoms with E-state index in [4.69, 9.17) is 0 Å². The highest BCUT2D eigenvalue weighted by Gasteiger charge is 2.21. The van der Waals surface area contributed by atoms with Crippen molar-refractivity contribution < 1.29 is 4.79 Å². The van der Waals surface area contributed by atoms with Crippen LogP contribution in [0.2, 0.25) is 0 Å². The molecule has 3 rings (SSSR count). The second-order valence-electron chi connectivity index (χ2n) is 5.25. The van der Waals surface area contributed by atoms with Crippen molar-refractivity contribution in [3.63, 3.8) is 0 Å². The highest BCUT2D eigenvalue weighted by molar-refractivity contribution is 9.10. The average molecular weight is 345 g/mol. The molecule has 1 amide bonds. The third-order valence-corrected chi connectivity index (χ3v) is 4.27. The molecule has 1 aliphatic heterocycles. The van der Waals surface area contributed by atoms with Crippen molar-refractivity contribution >= 4 is 27.4 Å². The highest BCUT2D eigenvalue weighted by Crippen LogP contribution is 2.23. The minimum absolute atomic E-state index is 0.0894. The van der Waals surface area contributed by atoms with Crippen LogP contribution >= 0.6 is 15.9 Å². The number of benzene rings is 1. The minimum atomic E-state index is 0.0894. The predicted octanol–water partition coefficient (Wildman–Crippen LogP) is 3.72. The molecule has 0 aliphatic carbocycles. The number of carbonyl (C=O) groups excluding carboxylic acids is 1. The largest absolute Gasteiger partial charge is 0.345 e. The van der Waals surface area contributed by atoms with E-state index in [2.05, 4.69) is 46.3 Å². The number of hydrogen-bond acceptors (Lipinski definition) is 1. The molecule has 0 spiro atoms. The third-order valence-electron chi connectivity index (χ3n) is 3.83. The zero-order valence-electron chi connectivity index (χ0n) is 11.9. The predicted molar refractivity (Wildman–Crippen MR) is 88.1 cm³/mol. The van der Waals surface area contributed by atoms with E-state index in [0.717, 1.165) is 23.1 Å². The number of hydrogen-bond donors (Lipinski definition) is 0. The minimum Gasteiger partial charge on any atom is -0.345 e. The summed E-state index contributed by atoms with van der Waals surface area (Å²) in [5, 5.41) is 0. The van der Waals surface area contributed by atoms with Crippen molar-refractivity contribution in [1.82, 2.24) is 9.47 Å². The number of rotatable bonds is 2. The fraction of sp³-hybridized carbons (Fsp3) is 0.235. The second-order valence-corrected chi connectivity index (χ2v) is 6.17. The molecule has 4 heteroatoms. The van der Waals surface area contributed by atoms with Gasteiger partial charge in [-0.25, -0.2) is 0 Å². The van der Waals surface area contributed by atoms with Gasteiger partial charge in [-0.15, -0.1) is 0 Å². The molecule has 0 saturated carbocycles. The molecule has 1 aliphatic rings. The van der Waals surface area contributed by atoms with Crippen LogP contribution in [0.3, 0.4) is 0 Å². The first kappa shape index (κ1) is 14.1. The standard InChI is InChI=1S/C17H17BrN2O/c1-19-12-15(18)11-16(19)17(21)20-9-7-14(8-10-20)13-5-3-2-4-6-13/h2-7,11-12H,8-10H2,1H3. The van der Waals surface area contributed by atoms with Gasteiger partial charge in [0.05, 0.1) is 0 Å². The van der Waals surface area contributed by atoms with E-state index in [1.165, 1.54) is 11.1 Å². The summed E-state index contributed by atoms with van der Waals surface area (Å²) in [7, 11) is 1.90. The molecule has 0 radical (unpaired) electrons. The fourth-order valence-electron chi connectivity index (χ4n) is 2.67. The topological polar surface area (TPSA) is 25.2 Å². The van der Waals surface area contributed by atoms with E-state index in [0.29, 0.717) is 6.54 Å². The summed E-state index contributed by atoms with van der Waals surface area (Å²) < 4.78 is 2.80. The van der Waals surface area contributed by atoms with E-state index >= 15 is 0 Å². The molecule has 2 heterocycles. The van der Waals surface area contributed by atoms with Crippen molar-refractivity contribution in [2.75, 3.05) is 13.1 Å². The smallest absolute Gasteiger partial charge is 0.270 e. The van der Waals surface area contributed by atoms with Gasteiger partial charge in [0.15, 0.2) is 0 Å². The Morgan fingerprint density at radius 2 is 2.00 bits per heavy atom. The zero-order chi connectivity index (χ0) is 14.8. The molecule has 21 heavy (non-hydrogen) atoms. The van der Waals surface area contributed by atoms with Gasteiger partial charge in [-0.2, -0.15) is 0 Å². The summed E-state index contributed by atoms with van der Waals surface area (Å²) in [5.74, 6) is 0.0894. The van der Waals surface area contributed by atoms with Crippen molar-refractivity contribution in [2.24, 2.45) is 7.05 Å². The summed E-state index contributed by atoms with van der Waals surface area (Å²) in [6.45, 7) is 1.44. The molecule has 0 fully saturated rings. The van der Waals surface area contributed by atoms with Crippen LogP contribution in [0.15, 0.2) is 53.1 Å². The van der Waals surface area contributed by atoms with Crippen molar-refractivity contribution in [2.45, 2.75) is 6.42 Å². The van der Waals surface area contributed by atoms with Gasteiger partial charge in [-0.05, 0) is 39.6 Å². The Morgan fingerprint density at radius 1 is 1.24 bits per heavy atom. The molecule has 0 unspecified atom stereocenters. The van der Waals surface area contributed by atoms with E-state index in [1.807, 2.05) is 34.8 Å². The molecule has 108 valence electrons. The van der Waals surface area contributed by atoms with Crippen LogP contribution in [-0.2, 0) is 7.05 Å². The maximum absolute atomic E-state index is 12.5. The van der Waals surface area contributed by atoms with Crippen LogP contribution in [0.5, 0.6) is 0 Å². The van der Waals surface area contributed by atoms with Crippen LogP contribution in [0, 0.1) is 0 Å². The molecule has 0 saturated heterocycles. The lowest BCUT2D eigenvalue weighted by Crippen LogP contribution is -2.35. The monoisotopic (exact) mass is 344 g/mol. The van der Waals surface area contributed by atoms with Gasteiger partial charge in [-0.3, -0.25) is 4.79 Å². The number of amides is 1. The third kappa shape index (κ3) is 2.95. The number of aryl methyl sites for hydroxylation is 1. The Morgan fingerprint density at radius 3 is 2.57 bits per heavy atom. The quantitative estimate of drug-likeness (QED) is 0.814. The van der Waals surface area contributed by atoms with Crippen molar-refractivity contribution in [1.29, 1.82) is 0 Å². The summed E-state index contributed by atoms with van der Waals surface area (Å²) >= 11 is 3.41. The number of halogens is 1. The Labute approximate surface area is 133 Å². The summed E-state index contributed by atoms with van der Waals surface area (Å²) in [6.07, 6.45) is 4.97. The van der Waals surface area contributed by atoms with Gasteiger partial charge >= 0.3 is 0 Å². The Hall–Kier alpha value is -1.81. The molecule has 3 nitrogen and oxygen atoms in total. The molecule has 1 aromatic heterocycles. The van der Waals surface area contributed by atoms with Gasteiger partial charge in [0.2, 0.25) is 0 Å². The molecule has 0 bridgehead atoms. The highest BCUT2D eigenvalue weighted by atomic mass is 79.9. The Bertz CT molecular complexity index is 688. The van der Waals surface area contributed by atoms with Crippen LogP contribution in [0.25, 0.3) is 5.57 Å². The maximum Gasteiger partial charge on any atom is 0.270 e. The van der Waals surface area contributed by atoms with E-state index in [-0.39, 0.29) is 5.91 Å². The van der Waals surface area contributed by atoms with E-state index < -0.39 is 0 Å². The number of carbonyl (C=O) groups is 1. The van der Waals surface area contributed by atoms with Crippen LogP contribution in [0.1, 0.15) is 22.5 Å². The average Bonchev–Trinajstić information content (AvgIpc) is 2.86. The van der Waals surface area contributed by atoms with Crippen LogP contribution < -0.4 is 0 Å². The molecule has 0 N–H and O–H groups in total. The first-order valence-corrected chi connectivity index (χ1v) is 7.80. The fourth-order valence-corrected chi connectivity index (χ4v) is 3.19. The van der Waals surface area contributed by atoms with Crippen molar-refractivity contribution in [3.8, 4) is 0 Å². The maximum atomic E-state index is 12.5. The summed E-state index contributed by atoms with van der Waals surface area (Å²) in [5.41, 5.74) is 3.30. The first-order valence-electron chi connectivity index (χ1n) is 7.01. The van der Waals surface area contributed by atoms with E-state index in [1.54, 1.807) is 0 Å². The molecular weight excluding hydrogens is 328 g/mol. The lowest BCUT2D eigenvalue weighted by molar-refractivity contribution is 0.0763. The lowest BCUT2D eigenvalue weighted by Gasteiger charge is -2.26. The Kier molecular flexibility index (Phi) is 3.97. The summed E-state index contributed by atoms with van der Waals surface area (Å²) in [4.78, 5) is 14.4. The van der Waals surface area contributed by atoms with E-state index in [9.17, 15) is 4.79 Å². The van der Waals surface area contributed by atoms with Crippen molar-refractivity contribution in [3.05, 3.63) is 64.4 Å². The van der Waals surface area contributed by atoms with Crippen LogP contribution in [0.4, 0.5) is 0 Å². The van der Waals surface area contributed by atoms with Gasteiger partial charge in [-0.1, -0.05) is 36.4 Å². The lowest BCUT2D eigenvalue weighted by atomic mass is 9.99. The van der Waals surface area contributed by atoms with Gasteiger partial charge in [0, 0.05) is 30.8 Å². The Balaban J connectivity index is 1.75. The first-order chi connectivity index (χ1) is 10.1. The zero-order valence-corrected chi connectivity index (χ0v) is 13.5. The second kappa shape index (κ2) is 5.90. The SMILES string of the molecule is Cn1cc(Br)cc1C(=O)N1CC=C(c2ccccc2)CC1. The van der Waals surface area contributed by atoms with Gasteiger partial charge in [0.25, 0.3) is 5.91 Å². The normalized spacial score (nSPS) is 15.0. The number of aromatic nitrogens is 1.